The zero-order chi connectivity index (χ0) is 19.8. The Bertz CT molecular complexity index is 758. The normalized spacial score (nSPS) is 17.1. The minimum atomic E-state index is -0.671. The van der Waals surface area contributed by atoms with Crippen LogP contribution in [-0.2, 0) is 20.9 Å². The second kappa shape index (κ2) is 10.0. The van der Waals surface area contributed by atoms with Gasteiger partial charge in [0.15, 0.2) is 0 Å². The van der Waals surface area contributed by atoms with Crippen LogP contribution in [0.1, 0.15) is 43.4 Å². The van der Waals surface area contributed by atoms with Crippen molar-refractivity contribution in [3.8, 4) is 0 Å². The van der Waals surface area contributed by atoms with Gasteiger partial charge in [0.2, 0.25) is 11.8 Å². The van der Waals surface area contributed by atoms with E-state index in [0.29, 0.717) is 19.5 Å². The van der Waals surface area contributed by atoms with Crippen LogP contribution in [-0.4, -0.2) is 36.0 Å². The summed E-state index contributed by atoms with van der Waals surface area (Å²) < 4.78 is 5.62. The van der Waals surface area contributed by atoms with E-state index in [1.807, 2.05) is 67.6 Å². The van der Waals surface area contributed by atoms with Gasteiger partial charge in [0.25, 0.3) is 0 Å². The highest BCUT2D eigenvalue weighted by Crippen LogP contribution is 2.25. The number of amides is 2. The first kappa shape index (κ1) is 20.1. The smallest absolute Gasteiger partial charge is 0.247 e. The Labute approximate surface area is 166 Å². The lowest BCUT2D eigenvalue weighted by molar-refractivity contribution is -0.141. The number of ether oxygens (including phenoxy) is 1. The van der Waals surface area contributed by atoms with Crippen molar-refractivity contribution >= 4 is 11.8 Å². The number of rotatable bonds is 8. The maximum Gasteiger partial charge on any atom is 0.247 e. The van der Waals surface area contributed by atoms with Gasteiger partial charge in [0, 0.05) is 26.1 Å². The molecule has 2 atom stereocenters. The van der Waals surface area contributed by atoms with E-state index in [4.69, 9.17) is 4.74 Å². The number of benzene rings is 2. The standard InChI is InChI=1S/C23H28N2O3/c1-2-21(26)25(17-18-10-5-3-6-11-18)22(19-12-7-4-8-13-19)23(27)24-16-20-14-9-15-28-20/h3-8,10-13,20,22H,2,9,14-17H2,1H3,(H,24,27)/t20-,22-/m0/s1. The lowest BCUT2D eigenvalue weighted by atomic mass is 10.0. The van der Waals surface area contributed by atoms with Crippen LogP contribution < -0.4 is 5.32 Å². The molecule has 1 fully saturated rings. The topological polar surface area (TPSA) is 58.6 Å². The van der Waals surface area contributed by atoms with E-state index in [1.165, 1.54) is 0 Å². The molecule has 1 aliphatic heterocycles. The van der Waals surface area contributed by atoms with Crippen molar-refractivity contribution in [2.45, 2.75) is 44.9 Å². The van der Waals surface area contributed by atoms with Crippen LogP contribution in [0.3, 0.4) is 0 Å². The summed E-state index contributed by atoms with van der Waals surface area (Å²) in [4.78, 5) is 27.7. The predicted octanol–water partition coefficient (Wildman–Crippen LogP) is 3.46. The molecule has 1 saturated heterocycles. The van der Waals surface area contributed by atoms with Crippen molar-refractivity contribution in [3.63, 3.8) is 0 Å². The number of carbonyl (C=O) groups excluding carboxylic acids is 2. The molecular weight excluding hydrogens is 352 g/mol. The molecule has 28 heavy (non-hydrogen) atoms. The van der Waals surface area contributed by atoms with Gasteiger partial charge in [-0.05, 0) is 24.0 Å². The number of nitrogens with one attached hydrogen (secondary N) is 1. The Morgan fingerprint density at radius 2 is 1.79 bits per heavy atom. The molecule has 5 nitrogen and oxygen atoms in total. The summed E-state index contributed by atoms with van der Waals surface area (Å²) >= 11 is 0. The molecule has 2 aromatic carbocycles. The maximum atomic E-state index is 13.2. The van der Waals surface area contributed by atoms with Gasteiger partial charge < -0.3 is 15.0 Å². The molecule has 2 amide bonds. The zero-order valence-electron chi connectivity index (χ0n) is 16.3. The Morgan fingerprint density at radius 3 is 2.39 bits per heavy atom. The van der Waals surface area contributed by atoms with Crippen molar-refractivity contribution < 1.29 is 14.3 Å². The van der Waals surface area contributed by atoms with Gasteiger partial charge in [-0.3, -0.25) is 9.59 Å². The highest BCUT2D eigenvalue weighted by molar-refractivity contribution is 5.88. The molecular formula is C23H28N2O3. The molecule has 5 heteroatoms. The van der Waals surface area contributed by atoms with Crippen molar-refractivity contribution in [1.29, 1.82) is 0 Å². The van der Waals surface area contributed by atoms with E-state index in [0.717, 1.165) is 30.6 Å². The summed E-state index contributed by atoms with van der Waals surface area (Å²) in [6, 6.07) is 18.6. The van der Waals surface area contributed by atoms with Gasteiger partial charge in [-0.25, -0.2) is 0 Å². The van der Waals surface area contributed by atoms with E-state index in [1.54, 1.807) is 4.90 Å². The van der Waals surface area contributed by atoms with E-state index >= 15 is 0 Å². The van der Waals surface area contributed by atoms with Crippen LogP contribution in [0, 0.1) is 0 Å². The monoisotopic (exact) mass is 380 g/mol. The number of nitrogens with zero attached hydrogens (tertiary/aromatic N) is 1. The fourth-order valence-corrected chi connectivity index (χ4v) is 3.53. The van der Waals surface area contributed by atoms with E-state index in [-0.39, 0.29) is 17.9 Å². The van der Waals surface area contributed by atoms with Gasteiger partial charge in [0.1, 0.15) is 6.04 Å². The number of carbonyl (C=O) groups is 2. The summed E-state index contributed by atoms with van der Waals surface area (Å²) in [5.41, 5.74) is 1.81. The van der Waals surface area contributed by atoms with Crippen molar-refractivity contribution in [2.24, 2.45) is 0 Å². The zero-order valence-corrected chi connectivity index (χ0v) is 16.3. The Morgan fingerprint density at radius 1 is 1.11 bits per heavy atom. The minimum absolute atomic E-state index is 0.0510. The Balaban J connectivity index is 1.85. The first-order chi connectivity index (χ1) is 13.7. The second-order valence-electron chi connectivity index (χ2n) is 7.05. The van der Waals surface area contributed by atoms with Crippen molar-refractivity contribution in [1.82, 2.24) is 10.2 Å². The third kappa shape index (κ3) is 5.20. The summed E-state index contributed by atoms with van der Waals surface area (Å²) in [6.45, 7) is 3.44. The lowest BCUT2D eigenvalue weighted by Crippen LogP contribution is -2.44. The second-order valence-corrected chi connectivity index (χ2v) is 7.05. The molecule has 0 unspecified atom stereocenters. The maximum absolute atomic E-state index is 13.2. The molecule has 0 spiro atoms. The summed E-state index contributed by atoms with van der Waals surface area (Å²) in [7, 11) is 0. The molecule has 148 valence electrons. The third-order valence-electron chi connectivity index (χ3n) is 5.02. The fourth-order valence-electron chi connectivity index (χ4n) is 3.53. The highest BCUT2D eigenvalue weighted by Gasteiger charge is 2.31. The SMILES string of the molecule is CCC(=O)N(Cc1ccccc1)[C@H](C(=O)NC[C@@H]1CCCO1)c1ccccc1. The average molecular weight is 380 g/mol. The molecule has 1 aliphatic rings. The van der Waals surface area contributed by atoms with Crippen molar-refractivity contribution in [2.75, 3.05) is 13.2 Å². The molecule has 1 N–H and O–H groups in total. The Kier molecular flexibility index (Phi) is 7.20. The molecule has 3 rings (SSSR count). The summed E-state index contributed by atoms with van der Waals surface area (Å²) in [5.74, 6) is -0.218. The van der Waals surface area contributed by atoms with Crippen LogP contribution in [0.25, 0.3) is 0 Å². The van der Waals surface area contributed by atoms with E-state index < -0.39 is 6.04 Å². The molecule has 0 saturated carbocycles. The summed E-state index contributed by atoms with van der Waals surface area (Å²) in [5, 5.41) is 3.01. The van der Waals surface area contributed by atoms with Gasteiger partial charge in [-0.1, -0.05) is 67.6 Å². The van der Waals surface area contributed by atoms with Gasteiger partial charge in [-0.15, -0.1) is 0 Å². The first-order valence-electron chi connectivity index (χ1n) is 9.96. The number of hydrogen-bond acceptors (Lipinski definition) is 3. The van der Waals surface area contributed by atoms with Crippen molar-refractivity contribution in [3.05, 3.63) is 71.8 Å². The molecule has 0 bridgehead atoms. The first-order valence-corrected chi connectivity index (χ1v) is 9.96. The molecule has 0 aliphatic carbocycles. The molecule has 0 aromatic heterocycles. The van der Waals surface area contributed by atoms with Gasteiger partial charge in [-0.2, -0.15) is 0 Å². The lowest BCUT2D eigenvalue weighted by Gasteiger charge is -2.31. The highest BCUT2D eigenvalue weighted by atomic mass is 16.5. The fraction of sp³-hybridized carbons (Fsp3) is 0.391. The minimum Gasteiger partial charge on any atom is -0.376 e. The summed E-state index contributed by atoms with van der Waals surface area (Å²) in [6.07, 6.45) is 2.38. The van der Waals surface area contributed by atoms with E-state index in [2.05, 4.69) is 5.32 Å². The Hall–Kier alpha value is -2.66. The van der Waals surface area contributed by atoms with Crippen LogP contribution in [0.2, 0.25) is 0 Å². The average Bonchev–Trinajstić information content (AvgIpc) is 3.26. The number of hydrogen-bond donors (Lipinski definition) is 1. The van der Waals surface area contributed by atoms with E-state index in [9.17, 15) is 9.59 Å². The predicted molar refractivity (Wildman–Crippen MR) is 108 cm³/mol. The van der Waals surface area contributed by atoms with Crippen LogP contribution in [0.15, 0.2) is 60.7 Å². The van der Waals surface area contributed by atoms with Crippen LogP contribution in [0.4, 0.5) is 0 Å². The third-order valence-corrected chi connectivity index (χ3v) is 5.02. The molecule has 0 radical (unpaired) electrons. The van der Waals surface area contributed by atoms with Gasteiger partial charge >= 0.3 is 0 Å². The quantitative estimate of drug-likeness (QED) is 0.763. The van der Waals surface area contributed by atoms with Gasteiger partial charge in [0.05, 0.1) is 6.10 Å². The molecule has 1 heterocycles. The largest absolute Gasteiger partial charge is 0.376 e. The van der Waals surface area contributed by atoms with Crippen LogP contribution in [0.5, 0.6) is 0 Å². The van der Waals surface area contributed by atoms with Crippen LogP contribution >= 0.6 is 0 Å². The molecule has 2 aromatic rings.